The van der Waals surface area contributed by atoms with Crippen LogP contribution in [0.1, 0.15) is 18.4 Å². The second-order valence-electron chi connectivity index (χ2n) is 7.00. The number of halogens is 4. The first-order chi connectivity index (χ1) is 13.6. The molecule has 3 rings (SSSR count). The van der Waals surface area contributed by atoms with E-state index in [1.54, 1.807) is 13.1 Å². The Balaban J connectivity index is 0.000000370. The molecule has 2 fully saturated rings. The van der Waals surface area contributed by atoms with Crippen LogP contribution >= 0.6 is 0 Å². The highest BCUT2D eigenvalue weighted by molar-refractivity contribution is 5.78. The summed E-state index contributed by atoms with van der Waals surface area (Å²) in [5.41, 5.74) is 0.717. The number of rotatable bonds is 3. The highest BCUT2D eigenvalue weighted by atomic mass is 19.4. The molecule has 0 saturated carbocycles. The smallest absolute Gasteiger partial charge is 0.475 e. The van der Waals surface area contributed by atoms with Gasteiger partial charge in [-0.15, -0.1) is 0 Å². The Morgan fingerprint density at radius 1 is 1.28 bits per heavy atom. The molecule has 2 heterocycles. The average molecular weight is 420 g/mol. The standard InChI is InChI=1S/C17H23FN2O2.C2HF3O2/c1-19-17(21)13-7-9-22-16-6-8-20(11-14(13)16)10-12-4-2-3-5-15(12)18;3-2(4,5)1(6)7/h2-5,13-14,16H,6-11H2,1H3,(H,19,21);(H,6,7)/t13-,14+,16-;/m0./s1. The number of carbonyl (C=O) groups excluding carboxylic acids is 1. The van der Waals surface area contributed by atoms with Gasteiger partial charge in [-0.05, 0) is 18.9 Å². The van der Waals surface area contributed by atoms with Crippen LogP contribution in [0.3, 0.4) is 0 Å². The number of benzene rings is 1. The lowest BCUT2D eigenvalue weighted by Gasteiger charge is -2.44. The Bertz CT molecular complexity index is 714. The number of hydrogen-bond donors (Lipinski definition) is 2. The molecule has 0 aliphatic carbocycles. The van der Waals surface area contributed by atoms with Crippen LogP contribution in [0.5, 0.6) is 0 Å². The summed E-state index contributed by atoms with van der Waals surface area (Å²) in [7, 11) is 1.69. The third-order valence-electron chi connectivity index (χ3n) is 5.13. The number of likely N-dealkylation sites (tertiary alicyclic amines) is 1. The molecule has 2 aliphatic heterocycles. The molecule has 2 aliphatic rings. The van der Waals surface area contributed by atoms with Gasteiger partial charge in [0.05, 0.1) is 6.10 Å². The zero-order chi connectivity index (χ0) is 21.6. The molecular weight excluding hydrogens is 396 g/mol. The van der Waals surface area contributed by atoms with Crippen LogP contribution in [0, 0.1) is 17.7 Å². The number of hydrogen-bond acceptors (Lipinski definition) is 4. The summed E-state index contributed by atoms with van der Waals surface area (Å²) in [6.07, 6.45) is -3.24. The van der Waals surface area contributed by atoms with Crippen LogP contribution in [0.25, 0.3) is 0 Å². The van der Waals surface area contributed by atoms with Gasteiger partial charge in [-0.1, -0.05) is 18.2 Å². The number of ether oxygens (including phenoxy) is 1. The number of carbonyl (C=O) groups is 2. The van der Waals surface area contributed by atoms with Crippen LogP contribution in [0.2, 0.25) is 0 Å². The molecule has 2 saturated heterocycles. The number of aliphatic carboxylic acids is 1. The van der Waals surface area contributed by atoms with Crippen LogP contribution in [-0.2, 0) is 20.9 Å². The van der Waals surface area contributed by atoms with Gasteiger partial charge in [-0.25, -0.2) is 9.18 Å². The van der Waals surface area contributed by atoms with E-state index in [4.69, 9.17) is 14.6 Å². The zero-order valence-electron chi connectivity index (χ0n) is 15.9. The van der Waals surface area contributed by atoms with Crippen molar-refractivity contribution in [2.45, 2.75) is 31.7 Å². The number of carboxylic acid groups (broad SMARTS) is 1. The van der Waals surface area contributed by atoms with Crippen LogP contribution in [-0.4, -0.2) is 60.9 Å². The molecule has 2 N–H and O–H groups in total. The van der Waals surface area contributed by atoms with Crippen molar-refractivity contribution in [1.82, 2.24) is 10.2 Å². The van der Waals surface area contributed by atoms with Gasteiger partial charge in [-0.2, -0.15) is 13.2 Å². The average Bonchev–Trinajstić information content (AvgIpc) is 2.68. The number of alkyl halides is 3. The molecule has 0 bridgehead atoms. The first-order valence-electron chi connectivity index (χ1n) is 9.22. The second-order valence-corrected chi connectivity index (χ2v) is 7.00. The van der Waals surface area contributed by atoms with Crippen LogP contribution in [0.15, 0.2) is 24.3 Å². The minimum absolute atomic E-state index is 0.00664. The third-order valence-corrected chi connectivity index (χ3v) is 5.13. The number of nitrogens with one attached hydrogen (secondary N) is 1. The molecule has 0 spiro atoms. The zero-order valence-corrected chi connectivity index (χ0v) is 15.9. The van der Waals surface area contributed by atoms with E-state index in [9.17, 15) is 22.4 Å². The SMILES string of the molecule is CNC(=O)[C@H]1CCO[C@H]2CCN(Cc3ccccc3F)C[C@@H]21.O=C(O)C(F)(F)F. The fourth-order valence-corrected chi connectivity index (χ4v) is 3.71. The first-order valence-corrected chi connectivity index (χ1v) is 9.22. The third kappa shape index (κ3) is 6.40. The van der Waals surface area contributed by atoms with Gasteiger partial charge in [0.1, 0.15) is 5.82 Å². The molecule has 0 aromatic heterocycles. The number of nitrogens with zero attached hydrogens (tertiary/aromatic N) is 1. The largest absolute Gasteiger partial charge is 0.490 e. The molecule has 3 atom stereocenters. The van der Waals surface area contributed by atoms with E-state index < -0.39 is 12.1 Å². The first kappa shape index (κ1) is 23.1. The predicted molar refractivity (Wildman–Crippen MR) is 95.4 cm³/mol. The Labute approximate surface area is 165 Å². The number of carboxylic acids is 1. The van der Waals surface area contributed by atoms with Gasteiger partial charge in [0.25, 0.3) is 0 Å². The molecule has 1 amide bonds. The van der Waals surface area contributed by atoms with Gasteiger partial charge in [0.2, 0.25) is 5.91 Å². The maximum atomic E-state index is 13.8. The number of fused-ring (bicyclic) bond motifs is 1. The lowest BCUT2D eigenvalue weighted by molar-refractivity contribution is -0.192. The highest BCUT2D eigenvalue weighted by Crippen LogP contribution is 2.33. The van der Waals surface area contributed by atoms with Crippen molar-refractivity contribution >= 4 is 11.9 Å². The van der Waals surface area contributed by atoms with Crippen molar-refractivity contribution in [3.05, 3.63) is 35.6 Å². The van der Waals surface area contributed by atoms with Gasteiger partial charge in [-0.3, -0.25) is 9.69 Å². The normalized spacial score (nSPS) is 24.7. The van der Waals surface area contributed by atoms with E-state index in [-0.39, 0.29) is 29.7 Å². The van der Waals surface area contributed by atoms with Crippen LogP contribution in [0.4, 0.5) is 17.6 Å². The summed E-state index contributed by atoms with van der Waals surface area (Å²) in [6, 6.07) is 6.90. The number of amides is 1. The summed E-state index contributed by atoms with van der Waals surface area (Å²) in [6.45, 7) is 2.93. The maximum Gasteiger partial charge on any atom is 0.490 e. The highest BCUT2D eigenvalue weighted by Gasteiger charge is 2.41. The van der Waals surface area contributed by atoms with E-state index in [1.807, 2.05) is 12.1 Å². The quantitative estimate of drug-likeness (QED) is 0.735. The molecule has 0 radical (unpaired) electrons. The molecule has 1 aromatic rings. The van der Waals surface area contributed by atoms with Crippen LogP contribution < -0.4 is 5.32 Å². The molecular formula is C19H24F4N2O4. The Morgan fingerprint density at radius 2 is 1.93 bits per heavy atom. The van der Waals surface area contributed by atoms with Gasteiger partial charge in [0, 0.05) is 50.7 Å². The van der Waals surface area contributed by atoms with Crippen molar-refractivity contribution in [1.29, 1.82) is 0 Å². The Hall–Kier alpha value is -2.20. The second kappa shape index (κ2) is 10.0. The van der Waals surface area contributed by atoms with Crippen molar-refractivity contribution in [3.63, 3.8) is 0 Å². The molecule has 162 valence electrons. The van der Waals surface area contributed by atoms with E-state index in [2.05, 4.69) is 10.2 Å². The monoisotopic (exact) mass is 420 g/mol. The summed E-state index contributed by atoms with van der Waals surface area (Å²) in [5.74, 6) is -2.60. The van der Waals surface area contributed by atoms with E-state index in [0.29, 0.717) is 18.7 Å². The summed E-state index contributed by atoms with van der Waals surface area (Å²) in [4.78, 5) is 23.2. The van der Waals surface area contributed by atoms with Crippen molar-refractivity contribution in [2.24, 2.45) is 11.8 Å². The number of piperidine rings is 1. The lowest BCUT2D eigenvalue weighted by Crippen LogP contribution is -2.52. The molecule has 29 heavy (non-hydrogen) atoms. The van der Waals surface area contributed by atoms with Crippen molar-refractivity contribution in [2.75, 3.05) is 26.7 Å². The molecule has 6 nitrogen and oxygen atoms in total. The van der Waals surface area contributed by atoms with E-state index >= 15 is 0 Å². The minimum Gasteiger partial charge on any atom is -0.475 e. The van der Waals surface area contributed by atoms with Gasteiger partial charge < -0.3 is 15.2 Å². The predicted octanol–water partition coefficient (Wildman–Crippen LogP) is 2.43. The van der Waals surface area contributed by atoms with Gasteiger partial charge in [0.15, 0.2) is 0 Å². The fraction of sp³-hybridized carbons (Fsp3) is 0.579. The summed E-state index contributed by atoms with van der Waals surface area (Å²) in [5, 5.41) is 9.89. The Morgan fingerprint density at radius 3 is 2.52 bits per heavy atom. The molecule has 0 unspecified atom stereocenters. The fourth-order valence-electron chi connectivity index (χ4n) is 3.71. The summed E-state index contributed by atoms with van der Waals surface area (Å²) >= 11 is 0. The Kier molecular flexibility index (Phi) is 7.97. The maximum absolute atomic E-state index is 13.8. The molecule has 1 aromatic carbocycles. The topological polar surface area (TPSA) is 78.9 Å². The van der Waals surface area contributed by atoms with Crippen molar-refractivity contribution < 1.29 is 37.0 Å². The molecule has 10 heteroatoms. The summed E-state index contributed by atoms with van der Waals surface area (Å²) < 4.78 is 51.4. The minimum atomic E-state index is -5.08. The van der Waals surface area contributed by atoms with E-state index in [1.165, 1.54) is 6.07 Å². The lowest BCUT2D eigenvalue weighted by atomic mass is 9.79. The van der Waals surface area contributed by atoms with E-state index in [0.717, 1.165) is 25.9 Å². The van der Waals surface area contributed by atoms with Gasteiger partial charge >= 0.3 is 12.1 Å². The van der Waals surface area contributed by atoms with Crippen molar-refractivity contribution in [3.8, 4) is 0 Å².